The molecule has 4 rings (SSSR count). The molecule has 0 saturated carbocycles. The highest BCUT2D eigenvalue weighted by Gasteiger charge is 2.37. The molecular formula is C24H23F3N2O5. The van der Waals surface area contributed by atoms with E-state index in [9.17, 15) is 18.0 Å². The minimum Gasteiger partial charge on any atom is -0.493 e. The molecule has 2 heterocycles. The molecule has 2 aromatic carbocycles. The summed E-state index contributed by atoms with van der Waals surface area (Å²) in [4.78, 5) is 14.0. The number of aromatic amines is 1. The van der Waals surface area contributed by atoms with Crippen molar-refractivity contribution in [2.75, 3.05) is 13.2 Å². The number of halogens is 3. The first-order valence-corrected chi connectivity index (χ1v) is 10.8. The van der Waals surface area contributed by atoms with Gasteiger partial charge in [-0.1, -0.05) is 18.5 Å². The number of H-pyrrole nitrogens is 1. The van der Waals surface area contributed by atoms with Crippen LogP contribution in [0.25, 0.3) is 21.9 Å². The van der Waals surface area contributed by atoms with Crippen molar-refractivity contribution in [3.05, 3.63) is 53.3 Å². The Labute approximate surface area is 192 Å². The van der Waals surface area contributed by atoms with Crippen molar-refractivity contribution in [3.8, 4) is 11.5 Å². The number of nitrogens with one attached hydrogen (secondary N) is 1. The molecule has 0 aliphatic rings. The summed E-state index contributed by atoms with van der Waals surface area (Å²) in [6, 6.07) is 8.24. The van der Waals surface area contributed by atoms with Crippen LogP contribution in [0.3, 0.4) is 0 Å². The molecule has 0 bridgehead atoms. The number of aryl methyl sites for hydroxylation is 1. The van der Waals surface area contributed by atoms with Gasteiger partial charge in [0, 0.05) is 35.2 Å². The van der Waals surface area contributed by atoms with E-state index in [1.54, 1.807) is 18.3 Å². The number of nitrogens with zero attached hydrogens (tertiary/aromatic N) is 1. The molecule has 4 aromatic rings. The highest BCUT2D eigenvalue weighted by Crippen LogP contribution is 2.38. The fourth-order valence-corrected chi connectivity index (χ4v) is 3.86. The Morgan fingerprint density at radius 2 is 1.91 bits per heavy atom. The lowest BCUT2D eigenvalue weighted by Crippen LogP contribution is -2.07. The Morgan fingerprint density at radius 3 is 2.65 bits per heavy atom. The van der Waals surface area contributed by atoms with Crippen LogP contribution in [0.5, 0.6) is 11.5 Å². The molecule has 2 aromatic heterocycles. The van der Waals surface area contributed by atoms with Crippen molar-refractivity contribution in [2.45, 2.75) is 38.8 Å². The lowest BCUT2D eigenvalue weighted by atomic mass is 10.0. The highest BCUT2D eigenvalue weighted by atomic mass is 19.4. The zero-order chi connectivity index (χ0) is 24.3. The van der Waals surface area contributed by atoms with Crippen LogP contribution in [0.15, 0.2) is 41.1 Å². The van der Waals surface area contributed by atoms with Crippen molar-refractivity contribution in [3.63, 3.8) is 0 Å². The molecular weight excluding hydrogens is 453 g/mol. The van der Waals surface area contributed by atoms with E-state index in [4.69, 9.17) is 19.1 Å². The number of alkyl halides is 3. The quantitative estimate of drug-likeness (QED) is 0.283. The molecule has 0 aliphatic carbocycles. The number of carboxylic acid groups (broad SMARTS) is 1. The summed E-state index contributed by atoms with van der Waals surface area (Å²) < 4.78 is 56.0. The molecule has 0 saturated heterocycles. The van der Waals surface area contributed by atoms with Crippen molar-refractivity contribution in [1.29, 1.82) is 0 Å². The number of rotatable bonds is 10. The molecule has 0 atom stereocenters. The molecule has 0 aliphatic heterocycles. The second-order valence-corrected chi connectivity index (χ2v) is 7.84. The van der Waals surface area contributed by atoms with Crippen molar-refractivity contribution >= 4 is 27.8 Å². The van der Waals surface area contributed by atoms with E-state index < -0.39 is 17.8 Å². The van der Waals surface area contributed by atoms with Crippen molar-refractivity contribution in [1.82, 2.24) is 10.1 Å². The first-order valence-electron chi connectivity index (χ1n) is 10.8. The summed E-state index contributed by atoms with van der Waals surface area (Å²) in [5.41, 5.74) is 1.13. The summed E-state index contributed by atoms with van der Waals surface area (Å²) in [7, 11) is 0. The predicted molar refractivity (Wildman–Crippen MR) is 118 cm³/mol. The monoisotopic (exact) mass is 476 g/mol. The lowest BCUT2D eigenvalue weighted by molar-refractivity contribution is -0.141. The molecule has 180 valence electrons. The average molecular weight is 476 g/mol. The molecule has 0 unspecified atom stereocenters. The summed E-state index contributed by atoms with van der Waals surface area (Å²) in [6.07, 6.45) is -1.23. The first kappa shape index (κ1) is 23.5. The van der Waals surface area contributed by atoms with E-state index in [0.29, 0.717) is 55.1 Å². The third-order valence-electron chi connectivity index (χ3n) is 5.36. The standard InChI is InChI=1S/C24H23F3N2O5/c1-2-4-17-20(8-7-18-22(17)34-29-23(18)24(25,26)27)33-10-3-9-32-15-5-6-16-14(11-21(30)31)13-28-19(16)12-15/h5-8,12-13,28H,2-4,9-11H2,1H3,(H,30,31). The molecule has 2 N–H and O–H groups in total. The second kappa shape index (κ2) is 9.66. The summed E-state index contributed by atoms with van der Waals surface area (Å²) in [6.45, 7) is 2.58. The van der Waals surface area contributed by atoms with Crippen LogP contribution in [-0.4, -0.2) is 34.4 Å². The smallest absolute Gasteiger partial charge is 0.437 e. The number of hydrogen-bond acceptors (Lipinski definition) is 5. The Hall–Kier alpha value is -3.69. The van der Waals surface area contributed by atoms with Crippen LogP contribution in [0, 0.1) is 0 Å². The van der Waals surface area contributed by atoms with Gasteiger partial charge in [-0.2, -0.15) is 13.2 Å². The van der Waals surface area contributed by atoms with E-state index in [1.165, 1.54) is 12.1 Å². The Balaban J connectivity index is 1.36. The number of benzene rings is 2. The SMILES string of the molecule is CCCc1c(OCCCOc2ccc3c(CC(=O)O)c[nH]c3c2)ccc2c(C(F)(F)F)noc12. The molecule has 34 heavy (non-hydrogen) atoms. The van der Waals surface area contributed by atoms with Crippen molar-refractivity contribution < 1.29 is 37.1 Å². The van der Waals surface area contributed by atoms with E-state index in [-0.39, 0.29) is 17.4 Å². The Bertz CT molecular complexity index is 1310. The van der Waals surface area contributed by atoms with Gasteiger partial charge < -0.3 is 24.1 Å². The van der Waals surface area contributed by atoms with Gasteiger partial charge in [-0.15, -0.1) is 0 Å². The van der Waals surface area contributed by atoms with E-state index in [0.717, 1.165) is 10.9 Å². The molecule has 7 nitrogen and oxygen atoms in total. The van der Waals surface area contributed by atoms with Crippen LogP contribution in [0.4, 0.5) is 13.2 Å². The Morgan fingerprint density at radius 1 is 1.15 bits per heavy atom. The average Bonchev–Trinajstić information content (AvgIpc) is 3.38. The van der Waals surface area contributed by atoms with Crippen LogP contribution < -0.4 is 9.47 Å². The molecule has 0 radical (unpaired) electrons. The topological polar surface area (TPSA) is 97.6 Å². The zero-order valence-corrected chi connectivity index (χ0v) is 18.4. The van der Waals surface area contributed by atoms with Gasteiger partial charge in [0.15, 0.2) is 11.3 Å². The number of hydrogen-bond donors (Lipinski definition) is 2. The maximum Gasteiger partial charge on any atom is 0.437 e. The molecule has 10 heteroatoms. The van der Waals surface area contributed by atoms with E-state index in [2.05, 4.69) is 10.1 Å². The third kappa shape index (κ3) is 4.95. The van der Waals surface area contributed by atoms with Gasteiger partial charge in [-0.3, -0.25) is 4.79 Å². The van der Waals surface area contributed by atoms with Gasteiger partial charge in [0.2, 0.25) is 0 Å². The number of fused-ring (bicyclic) bond motifs is 2. The second-order valence-electron chi connectivity index (χ2n) is 7.84. The van der Waals surface area contributed by atoms with Gasteiger partial charge in [-0.05, 0) is 36.2 Å². The molecule has 0 spiro atoms. The van der Waals surface area contributed by atoms with E-state index >= 15 is 0 Å². The minimum absolute atomic E-state index is 0.0606. The number of carboxylic acids is 1. The van der Waals surface area contributed by atoms with Gasteiger partial charge >= 0.3 is 12.1 Å². The van der Waals surface area contributed by atoms with Crippen LogP contribution in [-0.2, 0) is 23.8 Å². The predicted octanol–water partition coefficient (Wildman–Crippen LogP) is 5.76. The number of aliphatic carboxylic acids is 1. The van der Waals surface area contributed by atoms with Crippen LogP contribution in [0.2, 0.25) is 0 Å². The fourth-order valence-electron chi connectivity index (χ4n) is 3.86. The molecule has 0 amide bonds. The fraction of sp³-hybridized carbons (Fsp3) is 0.333. The van der Waals surface area contributed by atoms with E-state index in [1.807, 2.05) is 13.0 Å². The normalized spacial score (nSPS) is 11.9. The number of carbonyl (C=O) groups is 1. The summed E-state index contributed by atoms with van der Waals surface area (Å²) >= 11 is 0. The largest absolute Gasteiger partial charge is 0.493 e. The summed E-state index contributed by atoms with van der Waals surface area (Å²) in [5, 5.41) is 13.0. The zero-order valence-electron chi connectivity index (χ0n) is 18.4. The minimum atomic E-state index is -4.59. The van der Waals surface area contributed by atoms with Crippen LogP contribution >= 0.6 is 0 Å². The van der Waals surface area contributed by atoms with Crippen molar-refractivity contribution in [2.24, 2.45) is 0 Å². The number of ether oxygens (including phenoxy) is 2. The highest BCUT2D eigenvalue weighted by molar-refractivity contribution is 5.88. The summed E-state index contributed by atoms with van der Waals surface area (Å²) in [5.74, 6) is 0.204. The molecule has 0 fully saturated rings. The number of aromatic nitrogens is 2. The third-order valence-corrected chi connectivity index (χ3v) is 5.36. The maximum atomic E-state index is 13.1. The van der Waals surface area contributed by atoms with Gasteiger partial charge in [0.25, 0.3) is 0 Å². The maximum absolute atomic E-state index is 13.1. The van der Waals surface area contributed by atoms with Crippen LogP contribution in [0.1, 0.15) is 36.6 Å². The Kier molecular flexibility index (Phi) is 6.67. The van der Waals surface area contributed by atoms with Gasteiger partial charge in [0.1, 0.15) is 11.5 Å². The van der Waals surface area contributed by atoms with Gasteiger partial charge in [-0.25, -0.2) is 0 Å². The lowest BCUT2D eigenvalue weighted by Gasteiger charge is -2.12. The van der Waals surface area contributed by atoms with Gasteiger partial charge in [0.05, 0.1) is 25.0 Å². The first-order chi connectivity index (χ1) is 16.3.